The largest absolute Gasteiger partial charge is 0.489 e. The monoisotopic (exact) mass is 405 g/mol. The maximum absolute atomic E-state index is 12.3. The summed E-state index contributed by atoms with van der Waals surface area (Å²) < 4.78 is 11.2. The van der Waals surface area contributed by atoms with Gasteiger partial charge in [-0.15, -0.1) is 0 Å². The highest BCUT2D eigenvalue weighted by Crippen LogP contribution is 2.23. The van der Waals surface area contributed by atoms with Gasteiger partial charge in [0.15, 0.2) is 5.70 Å². The number of ether oxygens (including phenoxy) is 2. The van der Waals surface area contributed by atoms with E-state index in [1.54, 1.807) is 6.08 Å². The van der Waals surface area contributed by atoms with Gasteiger partial charge in [-0.3, -0.25) is 0 Å². The van der Waals surface area contributed by atoms with Crippen LogP contribution in [-0.4, -0.2) is 11.9 Å². The fourth-order valence-corrected chi connectivity index (χ4v) is 3.41. The standard InChI is InChI=1S/C27H19NO3/c29-27-25(28-26(31-27)23-13-12-21-8-4-5-9-22(21)17-23)16-19-10-14-24(15-11-19)30-18-20-6-2-1-3-7-20/h1-17H,18H2/b25-16-. The van der Waals surface area contributed by atoms with Crippen molar-refractivity contribution < 1.29 is 14.3 Å². The van der Waals surface area contributed by atoms with Gasteiger partial charge in [-0.1, -0.05) is 72.8 Å². The van der Waals surface area contributed by atoms with Gasteiger partial charge >= 0.3 is 5.97 Å². The molecule has 0 unspecified atom stereocenters. The summed E-state index contributed by atoms with van der Waals surface area (Å²) in [6.45, 7) is 0.507. The number of carbonyl (C=O) groups is 1. The molecular weight excluding hydrogens is 386 g/mol. The fourth-order valence-electron chi connectivity index (χ4n) is 3.41. The minimum atomic E-state index is -0.451. The quantitative estimate of drug-likeness (QED) is 0.313. The molecular formula is C27H19NO3. The zero-order valence-electron chi connectivity index (χ0n) is 16.7. The van der Waals surface area contributed by atoms with Gasteiger partial charge in [0.1, 0.15) is 12.4 Å². The molecule has 0 amide bonds. The van der Waals surface area contributed by atoms with Crippen molar-refractivity contribution in [1.82, 2.24) is 0 Å². The Hall–Kier alpha value is -4.18. The maximum Gasteiger partial charge on any atom is 0.363 e. The van der Waals surface area contributed by atoms with Gasteiger partial charge in [0.25, 0.3) is 0 Å². The average Bonchev–Trinajstić information content (AvgIpc) is 3.19. The smallest absolute Gasteiger partial charge is 0.363 e. The summed E-state index contributed by atoms with van der Waals surface area (Å²) in [4.78, 5) is 16.7. The van der Waals surface area contributed by atoms with Crippen LogP contribution in [0.4, 0.5) is 0 Å². The van der Waals surface area contributed by atoms with E-state index in [4.69, 9.17) is 9.47 Å². The highest BCUT2D eigenvalue weighted by atomic mass is 16.6. The van der Waals surface area contributed by atoms with Crippen molar-refractivity contribution in [3.8, 4) is 5.75 Å². The van der Waals surface area contributed by atoms with Gasteiger partial charge in [-0.2, -0.15) is 0 Å². The van der Waals surface area contributed by atoms with Gasteiger partial charge in [-0.25, -0.2) is 9.79 Å². The fraction of sp³-hybridized carbons (Fsp3) is 0.0370. The van der Waals surface area contributed by atoms with Gasteiger partial charge in [0.05, 0.1) is 0 Å². The molecule has 4 heteroatoms. The van der Waals surface area contributed by atoms with Gasteiger partial charge < -0.3 is 9.47 Å². The van der Waals surface area contributed by atoms with Crippen LogP contribution in [0.5, 0.6) is 5.75 Å². The number of benzene rings is 4. The van der Waals surface area contributed by atoms with E-state index in [-0.39, 0.29) is 5.70 Å². The third-order valence-electron chi connectivity index (χ3n) is 5.05. The van der Waals surface area contributed by atoms with Crippen molar-refractivity contribution in [2.24, 2.45) is 4.99 Å². The van der Waals surface area contributed by atoms with E-state index in [0.717, 1.165) is 33.2 Å². The first kappa shape index (κ1) is 18.8. The number of carbonyl (C=O) groups excluding carboxylic acids is 1. The third-order valence-corrected chi connectivity index (χ3v) is 5.05. The van der Waals surface area contributed by atoms with E-state index in [1.165, 1.54) is 0 Å². The molecule has 1 aliphatic heterocycles. The van der Waals surface area contributed by atoms with Crippen molar-refractivity contribution in [1.29, 1.82) is 0 Å². The van der Waals surface area contributed by atoms with Crippen molar-refractivity contribution in [3.63, 3.8) is 0 Å². The SMILES string of the molecule is O=C1OC(c2ccc3ccccc3c2)=N/C1=C\c1ccc(OCc2ccccc2)cc1. The topological polar surface area (TPSA) is 47.9 Å². The van der Waals surface area contributed by atoms with Gasteiger partial charge in [0.2, 0.25) is 5.90 Å². The molecule has 4 aromatic rings. The van der Waals surface area contributed by atoms with Crippen LogP contribution in [0.1, 0.15) is 16.7 Å². The predicted octanol–water partition coefficient (Wildman–Crippen LogP) is 5.76. The van der Waals surface area contributed by atoms with Crippen LogP contribution in [0.15, 0.2) is 108 Å². The summed E-state index contributed by atoms with van der Waals surface area (Å²) in [5.74, 6) is 0.637. The summed E-state index contributed by atoms with van der Waals surface area (Å²) in [5.41, 5.74) is 3.02. The molecule has 0 radical (unpaired) electrons. The normalized spacial score (nSPS) is 14.5. The summed E-state index contributed by atoms with van der Waals surface area (Å²) >= 11 is 0. The van der Waals surface area contributed by atoms with Crippen molar-refractivity contribution in [2.45, 2.75) is 6.61 Å². The molecule has 1 heterocycles. The Morgan fingerprint density at radius 3 is 2.35 bits per heavy atom. The second-order valence-electron chi connectivity index (χ2n) is 7.24. The second kappa shape index (κ2) is 8.28. The molecule has 0 spiro atoms. The molecule has 0 atom stereocenters. The second-order valence-corrected chi connectivity index (χ2v) is 7.24. The molecule has 0 aliphatic carbocycles. The van der Waals surface area contributed by atoms with Crippen LogP contribution in [0, 0.1) is 0 Å². The molecule has 0 saturated heterocycles. The van der Waals surface area contributed by atoms with E-state index in [0.29, 0.717) is 12.5 Å². The molecule has 5 rings (SSSR count). The average molecular weight is 405 g/mol. The Morgan fingerprint density at radius 2 is 1.55 bits per heavy atom. The van der Waals surface area contributed by atoms with E-state index in [2.05, 4.69) is 4.99 Å². The van der Waals surface area contributed by atoms with Crippen molar-refractivity contribution in [2.75, 3.05) is 0 Å². The van der Waals surface area contributed by atoms with Crippen LogP contribution in [-0.2, 0) is 16.1 Å². The lowest BCUT2D eigenvalue weighted by molar-refractivity contribution is -0.129. The lowest BCUT2D eigenvalue weighted by atomic mass is 10.1. The van der Waals surface area contributed by atoms with Crippen LogP contribution in [0.3, 0.4) is 0 Å². The number of cyclic esters (lactones) is 1. The highest BCUT2D eigenvalue weighted by Gasteiger charge is 2.24. The van der Waals surface area contributed by atoms with E-state index < -0.39 is 5.97 Å². The molecule has 0 saturated carbocycles. The molecule has 4 nitrogen and oxygen atoms in total. The number of hydrogen-bond donors (Lipinski definition) is 0. The Kier molecular flexibility index (Phi) is 5.03. The first-order chi connectivity index (χ1) is 15.2. The first-order valence-electron chi connectivity index (χ1n) is 10.0. The van der Waals surface area contributed by atoms with E-state index >= 15 is 0 Å². The molecule has 150 valence electrons. The molecule has 0 N–H and O–H groups in total. The maximum atomic E-state index is 12.3. The Morgan fingerprint density at radius 1 is 0.806 bits per heavy atom. The van der Waals surface area contributed by atoms with Crippen LogP contribution in [0.25, 0.3) is 16.8 Å². The number of fused-ring (bicyclic) bond motifs is 1. The lowest BCUT2D eigenvalue weighted by Crippen LogP contribution is -2.05. The van der Waals surface area contributed by atoms with E-state index in [1.807, 2.05) is 97.1 Å². The number of hydrogen-bond acceptors (Lipinski definition) is 4. The minimum absolute atomic E-state index is 0.279. The molecule has 1 aliphatic rings. The molecule has 0 bridgehead atoms. The van der Waals surface area contributed by atoms with Crippen molar-refractivity contribution >= 4 is 28.7 Å². The summed E-state index contributed by atoms with van der Waals surface area (Å²) in [6, 6.07) is 31.5. The number of aliphatic imine (C=N–C) groups is 1. The minimum Gasteiger partial charge on any atom is -0.489 e. The van der Waals surface area contributed by atoms with Crippen molar-refractivity contribution in [3.05, 3.63) is 119 Å². The van der Waals surface area contributed by atoms with Gasteiger partial charge in [0, 0.05) is 5.56 Å². The molecule has 31 heavy (non-hydrogen) atoms. The molecule has 0 fully saturated rings. The lowest BCUT2D eigenvalue weighted by Gasteiger charge is -2.06. The Balaban J connectivity index is 1.32. The number of esters is 1. The molecule has 4 aromatic carbocycles. The molecule has 0 aromatic heterocycles. The number of rotatable bonds is 5. The van der Waals surface area contributed by atoms with Crippen LogP contribution in [0.2, 0.25) is 0 Å². The van der Waals surface area contributed by atoms with Crippen LogP contribution >= 0.6 is 0 Å². The highest BCUT2D eigenvalue weighted by molar-refractivity contribution is 6.13. The zero-order valence-corrected chi connectivity index (χ0v) is 16.7. The summed E-state index contributed by atoms with van der Waals surface area (Å²) in [5, 5.41) is 2.20. The predicted molar refractivity (Wildman–Crippen MR) is 122 cm³/mol. The Bertz CT molecular complexity index is 1310. The van der Waals surface area contributed by atoms with E-state index in [9.17, 15) is 4.79 Å². The Labute approximate surface area is 180 Å². The summed E-state index contributed by atoms with van der Waals surface area (Å²) in [6.07, 6.45) is 1.72. The third kappa shape index (κ3) is 4.23. The van der Waals surface area contributed by atoms with Crippen LogP contribution < -0.4 is 4.74 Å². The number of nitrogens with zero attached hydrogens (tertiary/aromatic N) is 1. The zero-order chi connectivity index (χ0) is 21.0. The van der Waals surface area contributed by atoms with Gasteiger partial charge in [-0.05, 0) is 52.2 Å². The first-order valence-corrected chi connectivity index (χ1v) is 10.0. The summed E-state index contributed by atoms with van der Waals surface area (Å²) in [7, 11) is 0.